The van der Waals surface area contributed by atoms with Gasteiger partial charge < -0.3 is 9.64 Å². The molecular formula is C10H14ClN3O2. The van der Waals surface area contributed by atoms with Gasteiger partial charge in [-0.3, -0.25) is 9.48 Å². The summed E-state index contributed by atoms with van der Waals surface area (Å²) in [6.07, 6.45) is 3.23. The fourth-order valence-corrected chi connectivity index (χ4v) is 1.90. The van der Waals surface area contributed by atoms with E-state index in [9.17, 15) is 4.79 Å². The maximum absolute atomic E-state index is 12.0. The van der Waals surface area contributed by atoms with Gasteiger partial charge in [0.15, 0.2) is 0 Å². The van der Waals surface area contributed by atoms with Crippen LogP contribution in [0.1, 0.15) is 10.4 Å². The monoisotopic (exact) mass is 243 g/mol. The van der Waals surface area contributed by atoms with E-state index in [4.69, 9.17) is 16.3 Å². The minimum Gasteiger partial charge on any atom is -0.373 e. The minimum absolute atomic E-state index is 0.00785. The molecule has 5 nitrogen and oxygen atoms in total. The Morgan fingerprint density at radius 2 is 2.56 bits per heavy atom. The highest BCUT2D eigenvalue weighted by Gasteiger charge is 2.24. The number of hydrogen-bond donors (Lipinski definition) is 0. The molecule has 88 valence electrons. The molecule has 0 aromatic carbocycles. The van der Waals surface area contributed by atoms with Crippen molar-refractivity contribution in [2.24, 2.45) is 7.05 Å². The van der Waals surface area contributed by atoms with Crippen LogP contribution in [0, 0.1) is 0 Å². The predicted molar refractivity (Wildman–Crippen MR) is 59.6 cm³/mol. The second-order valence-corrected chi connectivity index (χ2v) is 4.11. The number of nitrogens with zero attached hydrogens (tertiary/aromatic N) is 3. The van der Waals surface area contributed by atoms with Crippen LogP contribution < -0.4 is 0 Å². The Balaban J connectivity index is 2.04. The summed E-state index contributed by atoms with van der Waals surface area (Å²) in [6, 6.07) is 0. The van der Waals surface area contributed by atoms with E-state index in [2.05, 4.69) is 5.10 Å². The van der Waals surface area contributed by atoms with Crippen LogP contribution in [0.3, 0.4) is 0 Å². The molecular weight excluding hydrogens is 230 g/mol. The van der Waals surface area contributed by atoms with Crippen LogP contribution >= 0.6 is 11.6 Å². The lowest BCUT2D eigenvalue weighted by molar-refractivity contribution is -0.0108. The lowest BCUT2D eigenvalue weighted by Gasteiger charge is -2.31. The number of halogens is 1. The quantitative estimate of drug-likeness (QED) is 0.711. The highest BCUT2D eigenvalue weighted by atomic mass is 35.5. The molecule has 1 aliphatic rings. The molecule has 1 aromatic rings. The van der Waals surface area contributed by atoms with Gasteiger partial charge in [-0.1, -0.05) is 0 Å². The number of carbonyl (C=O) groups is 1. The highest BCUT2D eigenvalue weighted by Crippen LogP contribution is 2.10. The van der Waals surface area contributed by atoms with Crippen molar-refractivity contribution in [3.05, 3.63) is 18.0 Å². The Kier molecular flexibility index (Phi) is 3.46. The first kappa shape index (κ1) is 11.4. The lowest BCUT2D eigenvalue weighted by Crippen LogP contribution is -2.46. The Labute approximate surface area is 98.9 Å². The van der Waals surface area contributed by atoms with Gasteiger partial charge in [-0.25, -0.2) is 0 Å². The first-order chi connectivity index (χ1) is 7.70. The van der Waals surface area contributed by atoms with E-state index in [1.165, 1.54) is 0 Å². The van der Waals surface area contributed by atoms with E-state index in [-0.39, 0.29) is 12.0 Å². The highest BCUT2D eigenvalue weighted by molar-refractivity contribution is 6.18. The van der Waals surface area contributed by atoms with Crippen LogP contribution in [0.4, 0.5) is 0 Å². The maximum atomic E-state index is 12.0. The molecule has 2 heterocycles. The number of carbonyl (C=O) groups excluding carboxylic acids is 1. The molecule has 1 atom stereocenters. The summed E-state index contributed by atoms with van der Waals surface area (Å²) in [5.41, 5.74) is 0.609. The van der Waals surface area contributed by atoms with Crippen molar-refractivity contribution in [2.45, 2.75) is 6.10 Å². The van der Waals surface area contributed by atoms with Crippen LogP contribution in [0.5, 0.6) is 0 Å². The number of rotatable bonds is 2. The first-order valence-electron chi connectivity index (χ1n) is 5.16. The molecule has 1 amide bonds. The molecule has 2 rings (SSSR count). The number of ether oxygens (including phenoxy) is 1. The largest absolute Gasteiger partial charge is 0.373 e. The Bertz CT molecular complexity index is 380. The molecule has 1 aromatic heterocycles. The van der Waals surface area contributed by atoms with Crippen molar-refractivity contribution in [2.75, 3.05) is 25.6 Å². The smallest absolute Gasteiger partial charge is 0.257 e. The molecule has 0 bridgehead atoms. The molecule has 16 heavy (non-hydrogen) atoms. The number of hydrogen-bond acceptors (Lipinski definition) is 3. The van der Waals surface area contributed by atoms with Crippen LogP contribution in [0.25, 0.3) is 0 Å². The fraction of sp³-hybridized carbons (Fsp3) is 0.600. The second-order valence-electron chi connectivity index (χ2n) is 3.80. The molecule has 0 spiro atoms. The van der Waals surface area contributed by atoms with Crippen molar-refractivity contribution in [3.8, 4) is 0 Å². The SMILES string of the molecule is Cn1cc(C(=O)N2CCOC(CCl)C2)cn1. The third kappa shape index (κ3) is 2.36. The first-order valence-corrected chi connectivity index (χ1v) is 5.69. The number of amides is 1. The van der Waals surface area contributed by atoms with Crippen molar-refractivity contribution in [1.82, 2.24) is 14.7 Å². The Morgan fingerprint density at radius 3 is 3.19 bits per heavy atom. The van der Waals surface area contributed by atoms with Gasteiger partial charge in [0.25, 0.3) is 5.91 Å². The van der Waals surface area contributed by atoms with Gasteiger partial charge in [-0.2, -0.15) is 5.10 Å². The van der Waals surface area contributed by atoms with E-state index in [0.29, 0.717) is 31.1 Å². The van der Waals surface area contributed by atoms with Gasteiger partial charge >= 0.3 is 0 Å². The summed E-state index contributed by atoms with van der Waals surface area (Å²) in [5, 5.41) is 3.98. The average Bonchev–Trinajstić information content (AvgIpc) is 2.75. The number of alkyl halides is 1. The molecule has 1 saturated heterocycles. The second kappa shape index (κ2) is 4.84. The normalized spacial score (nSPS) is 21.1. The molecule has 6 heteroatoms. The summed E-state index contributed by atoms with van der Waals surface area (Å²) in [4.78, 5) is 13.8. The predicted octanol–water partition coefficient (Wildman–Crippen LogP) is 0.500. The van der Waals surface area contributed by atoms with Crippen molar-refractivity contribution in [1.29, 1.82) is 0 Å². The van der Waals surface area contributed by atoms with Crippen LogP contribution in [-0.2, 0) is 11.8 Å². The topological polar surface area (TPSA) is 47.4 Å². The average molecular weight is 244 g/mol. The summed E-state index contributed by atoms with van der Waals surface area (Å²) >= 11 is 5.72. The third-order valence-electron chi connectivity index (χ3n) is 2.55. The molecule has 0 aliphatic carbocycles. The van der Waals surface area contributed by atoms with Gasteiger partial charge in [-0.05, 0) is 0 Å². The summed E-state index contributed by atoms with van der Waals surface area (Å²) < 4.78 is 7.02. The third-order valence-corrected chi connectivity index (χ3v) is 2.89. The zero-order valence-electron chi connectivity index (χ0n) is 9.10. The Morgan fingerprint density at radius 1 is 1.75 bits per heavy atom. The summed E-state index contributed by atoms with van der Waals surface area (Å²) in [5.74, 6) is 0.406. The van der Waals surface area contributed by atoms with E-state index in [1.54, 1.807) is 29.0 Å². The minimum atomic E-state index is -0.0592. The van der Waals surface area contributed by atoms with Crippen LogP contribution in [0.15, 0.2) is 12.4 Å². The molecule has 0 radical (unpaired) electrons. The lowest BCUT2D eigenvalue weighted by atomic mass is 10.2. The molecule has 0 N–H and O–H groups in total. The van der Waals surface area contributed by atoms with E-state index in [1.807, 2.05) is 0 Å². The van der Waals surface area contributed by atoms with Crippen LogP contribution in [-0.4, -0.2) is 52.3 Å². The molecule has 1 unspecified atom stereocenters. The van der Waals surface area contributed by atoms with Crippen molar-refractivity contribution >= 4 is 17.5 Å². The van der Waals surface area contributed by atoms with Crippen molar-refractivity contribution in [3.63, 3.8) is 0 Å². The standard InChI is InChI=1S/C10H14ClN3O2/c1-13-6-8(5-12-13)10(15)14-2-3-16-9(4-11)7-14/h5-6,9H,2-4,7H2,1H3. The molecule has 1 fully saturated rings. The maximum Gasteiger partial charge on any atom is 0.257 e. The summed E-state index contributed by atoms with van der Waals surface area (Å²) in [7, 11) is 1.79. The fourth-order valence-electron chi connectivity index (χ4n) is 1.71. The zero-order valence-corrected chi connectivity index (χ0v) is 9.85. The van der Waals surface area contributed by atoms with Gasteiger partial charge in [0, 0.05) is 26.3 Å². The van der Waals surface area contributed by atoms with Gasteiger partial charge in [0.05, 0.1) is 30.4 Å². The van der Waals surface area contributed by atoms with Gasteiger partial charge in [-0.15, -0.1) is 11.6 Å². The number of aromatic nitrogens is 2. The Hall–Kier alpha value is -1.07. The number of aryl methyl sites for hydroxylation is 1. The summed E-state index contributed by atoms with van der Waals surface area (Å²) in [6.45, 7) is 1.71. The molecule has 0 saturated carbocycles. The van der Waals surface area contributed by atoms with Gasteiger partial charge in [0.2, 0.25) is 0 Å². The number of morpholine rings is 1. The zero-order chi connectivity index (χ0) is 11.5. The van der Waals surface area contributed by atoms with Gasteiger partial charge in [0.1, 0.15) is 0 Å². The van der Waals surface area contributed by atoms with E-state index < -0.39 is 0 Å². The van der Waals surface area contributed by atoms with E-state index in [0.717, 1.165) is 0 Å². The van der Waals surface area contributed by atoms with Crippen molar-refractivity contribution < 1.29 is 9.53 Å². The van der Waals surface area contributed by atoms with Crippen LogP contribution in [0.2, 0.25) is 0 Å². The van der Waals surface area contributed by atoms with E-state index >= 15 is 0 Å². The molecule has 1 aliphatic heterocycles.